The summed E-state index contributed by atoms with van der Waals surface area (Å²) in [7, 11) is 0. The Labute approximate surface area is 167 Å². The van der Waals surface area contributed by atoms with Gasteiger partial charge in [-0.3, -0.25) is 4.79 Å². The molecule has 1 amide bonds. The number of hydrogen-bond acceptors (Lipinski definition) is 5. The van der Waals surface area contributed by atoms with Crippen LogP contribution < -0.4 is 16.4 Å². The lowest BCUT2D eigenvalue weighted by Gasteiger charge is -2.30. The molecule has 2 unspecified atom stereocenters. The molecule has 4 rings (SSSR count). The molecule has 4 N–H and O–H groups in total. The number of aryl methyl sites for hydroxylation is 2. The third-order valence-corrected chi connectivity index (χ3v) is 5.50. The molecule has 1 fully saturated rings. The lowest BCUT2D eigenvalue weighted by molar-refractivity contribution is 0.0751. The van der Waals surface area contributed by atoms with Crippen LogP contribution in [0.25, 0.3) is 0 Å². The number of hydrogen-bond donors (Lipinski definition) is 3. The molecule has 1 aromatic heterocycles. The third kappa shape index (κ3) is 3.83. The number of aromatic nitrogens is 1. The Bertz CT molecular complexity index is 891. The number of carbonyl (C=O) groups is 1. The maximum Gasteiger partial charge on any atom is 0.253 e. The summed E-state index contributed by atoms with van der Waals surface area (Å²) in [6.07, 6.45) is 1.87. The highest BCUT2D eigenvalue weighted by Crippen LogP contribution is 2.28. The van der Waals surface area contributed by atoms with Crippen LogP contribution in [0.5, 0.6) is 0 Å². The number of pyridine rings is 1. The fraction of sp³-hybridized carbons (Fsp3) is 0.400. The van der Waals surface area contributed by atoms with Crippen molar-refractivity contribution in [2.24, 2.45) is 5.73 Å². The van der Waals surface area contributed by atoms with Gasteiger partial charge < -0.3 is 21.1 Å². The van der Waals surface area contributed by atoms with Crippen molar-refractivity contribution in [1.82, 2.24) is 10.3 Å². The molecule has 28 heavy (non-hydrogen) atoms. The molecule has 148 valence electrons. The van der Waals surface area contributed by atoms with Crippen LogP contribution in [0, 0.1) is 5.82 Å². The number of nitrogens with two attached hydrogens (primary N) is 1. The third-order valence-electron chi connectivity index (χ3n) is 5.25. The summed E-state index contributed by atoms with van der Waals surface area (Å²) in [5.41, 5.74) is 8.47. The minimum atomic E-state index is -0.484. The van der Waals surface area contributed by atoms with Gasteiger partial charge in [0.05, 0.1) is 17.9 Å². The number of anilines is 1. The molecule has 1 saturated heterocycles. The molecule has 2 atom stereocenters. The van der Waals surface area contributed by atoms with Crippen molar-refractivity contribution in [2.75, 3.05) is 18.5 Å². The molecule has 2 aliphatic heterocycles. The molecular weight excluding hydrogens is 383 g/mol. The Morgan fingerprint density at radius 3 is 2.86 bits per heavy atom. The second-order valence-electron chi connectivity index (χ2n) is 7.16. The van der Waals surface area contributed by atoms with Crippen LogP contribution in [0.15, 0.2) is 24.3 Å². The van der Waals surface area contributed by atoms with Gasteiger partial charge in [-0.2, -0.15) is 0 Å². The number of fused-ring (bicyclic) bond motifs is 1. The normalized spacial score (nSPS) is 21.3. The Balaban J connectivity index is 1.61. The summed E-state index contributed by atoms with van der Waals surface area (Å²) in [6.45, 7) is 1.17. The predicted octanol–water partition coefficient (Wildman–Crippen LogP) is 2.43. The number of benzene rings is 1. The molecular formula is C20H22ClFN4O2. The highest BCUT2D eigenvalue weighted by molar-refractivity contribution is 6.30. The van der Waals surface area contributed by atoms with Crippen molar-refractivity contribution in [2.45, 2.75) is 37.9 Å². The summed E-state index contributed by atoms with van der Waals surface area (Å²) in [5.74, 6) is -0.604. The van der Waals surface area contributed by atoms with Gasteiger partial charge in [0.2, 0.25) is 0 Å². The van der Waals surface area contributed by atoms with E-state index in [4.69, 9.17) is 22.1 Å². The maximum absolute atomic E-state index is 15.0. The molecule has 0 bridgehead atoms. The lowest BCUT2D eigenvalue weighted by atomic mass is 10.0. The maximum atomic E-state index is 15.0. The molecule has 0 aliphatic carbocycles. The number of carbonyl (C=O) groups excluding carboxylic acids is 1. The van der Waals surface area contributed by atoms with E-state index in [-0.39, 0.29) is 30.4 Å². The van der Waals surface area contributed by atoms with E-state index in [1.165, 1.54) is 0 Å². The Hall–Kier alpha value is -2.22. The van der Waals surface area contributed by atoms with E-state index >= 15 is 4.39 Å². The minimum Gasteiger partial charge on any atom is -0.380 e. The second-order valence-corrected chi connectivity index (χ2v) is 7.60. The van der Waals surface area contributed by atoms with Crippen LogP contribution in [0.3, 0.4) is 0 Å². The minimum absolute atomic E-state index is 0.122. The van der Waals surface area contributed by atoms with Crippen LogP contribution >= 0.6 is 11.6 Å². The number of nitrogens with zero attached hydrogens (tertiary/aromatic N) is 1. The monoisotopic (exact) mass is 404 g/mol. The van der Waals surface area contributed by atoms with E-state index in [1.807, 2.05) is 24.3 Å². The van der Waals surface area contributed by atoms with E-state index in [0.29, 0.717) is 54.3 Å². The zero-order valence-corrected chi connectivity index (χ0v) is 16.1. The topological polar surface area (TPSA) is 89.3 Å². The Morgan fingerprint density at radius 1 is 1.32 bits per heavy atom. The SMILES string of the molecule is NC1COCCC1Nc1nc(CCc2ccc(Cl)cc2)c2c(c1F)CNC2=O. The number of halogens is 2. The predicted molar refractivity (Wildman–Crippen MR) is 105 cm³/mol. The fourth-order valence-electron chi connectivity index (χ4n) is 3.66. The van der Waals surface area contributed by atoms with Crippen molar-refractivity contribution in [3.05, 3.63) is 57.5 Å². The van der Waals surface area contributed by atoms with Crippen LogP contribution in [-0.2, 0) is 24.1 Å². The van der Waals surface area contributed by atoms with Gasteiger partial charge in [-0.05, 0) is 37.0 Å². The van der Waals surface area contributed by atoms with Gasteiger partial charge in [0, 0.05) is 35.8 Å². The number of nitrogens with one attached hydrogen (secondary N) is 2. The van der Waals surface area contributed by atoms with E-state index in [2.05, 4.69) is 15.6 Å². The van der Waals surface area contributed by atoms with Gasteiger partial charge in [-0.15, -0.1) is 0 Å². The van der Waals surface area contributed by atoms with Gasteiger partial charge in [0.25, 0.3) is 5.91 Å². The van der Waals surface area contributed by atoms with Crippen LogP contribution in [0.1, 0.15) is 33.6 Å². The van der Waals surface area contributed by atoms with Gasteiger partial charge in [-0.1, -0.05) is 23.7 Å². The first-order chi connectivity index (χ1) is 13.5. The van der Waals surface area contributed by atoms with E-state index < -0.39 is 5.82 Å². The molecule has 0 spiro atoms. The first kappa shape index (κ1) is 19.1. The van der Waals surface area contributed by atoms with Crippen molar-refractivity contribution in [3.63, 3.8) is 0 Å². The van der Waals surface area contributed by atoms with Crippen molar-refractivity contribution in [3.8, 4) is 0 Å². The van der Waals surface area contributed by atoms with Crippen molar-refractivity contribution < 1.29 is 13.9 Å². The van der Waals surface area contributed by atoms with Gasteiger partial charge in [-0.25, -0.2) is 9.37 Å². The van der Waals surface area contributed by atoms with Gasteiger partial charge in [0.1, 0.15) is 0 Å². The van der Waals surface area contributed by atoms with Gasteiger partial charge >= 0.3 is 0 Å². The van der Waals surface area contributed by atoms with Crippen molar-refractivity contribution in [1.29, 1.82) is 0 Å². The molecule has 3 heterocycles. The number of ether oxygens (including phenoxy) is 1. The largest absolute Gasteiger partial charge is 0.380 e. The zero-order chi connectivity index (χ0) is 19.7. The summed E-state index contributed by atoms with van der Waals surface area (Å²) < 4.78 is 20.4. The number of amides is 1. The zero-order valence-electron chi connectivity index (χ0n) is 15.3. The van der Waals surface area contributed by atoms with E-state index in [1.54, 1.807) is 0 Å². The molecule has 0 saturated carbocycles. The standard InChI is InChI=1S/C20H22ClFN4O2/c21-12-4-1-11(2-5-12)3-6-16-17-13(9-24-20(17)27)18(22)19(26-16)25-15-7-8-28-10-14(15)23/h1-2,4-5,14-15H,3,6-10,23H2,(H,24,27)(H,25,26). The second kappa shape index (κ2) is 8.03. The molecule has 2 aliphatic rings. The molecule has 8 heteroatoms. The molecule has 2 aromatic rings. The van der Waals surface area contributed by atoms with Crippen molar-refractivity contribution >= 4 is 23.3 Å². The first-order valence-corrected chi connectivity index (χ1v) is 9.74. The molecule has 0 radical (unpaired) electrons. The lowest BCUT2D eigenvalue weighted by Crippen LogP contribution is -2.48. The van der Waals surface area contributed by atoms with Crippen LogP contribution in [-0.4, -0.2) is 36.2 Å². The van der Waals surface area contributed by atoms with E-state index in [9.17, 15) is 4.79 Å². The Morgan fingerprint density at radius 2 is 2.11 bits per heavy atom. The highest BCUT2D eigenvalue weighted by atomic mass is 35.5. The molecule has 1 aromatic carbocycles. The fourth-order valence-corrected chi connectivity index (χ4v) is 3.79. The highest BCUT2D eigenvalue weighted by Gasteiger charge is 2.31. The Kier molecular flexibility index (Phi) is 5.48. The summed E-state index contributed by atoms with van der Waals surface area (Å²) in [6, 6.07) is 7.17. The smallest absolute Gasteiger partial charge is 0.253 e. The van der Waals surface area contributed by atoms with Gasteiger partial charge in [0.15, 0.2) is 11.6 Å². The summed E-state index contributed by atoms with van der Waals surface area (Å²) in [5, 5.41) is 6.51. The van der Waals surface area contributed by atoms with Crippen LogP contribution in [0.2, 0.25) is 5.02 Å². The summed E-state index contributed by atoms with van der Waals surface area (Å²) in [4.78, 5) is 16.7. The van der Waals surface area contributed by atoms with Crippen LogP contribution in [0.4, 0.5) is 10.2 Å². The average Bonchev–Trinajstić information content (AvgIpc) is 3.08. The average molecular weight is 405 g/mol. The summed E-state index contributed by atoms with van der Waals surface area (Å²) >= 11 is 5.93. The number of rotatable bonds is 5. The molecule has 6 nitrogen and oxygen atoms in total. The van der Waals surface area contributed by atoms with E-state index in [0.717, 1.165) is 5.56 Å². The first-order valence-electron chi connectivity index (χ1n) is 9.36. The quantitative estimate of drug-likeness (QED) is 0.712.